The number of benzene rings is 1. The van der Waals surface area contributed by atoms with E-state index in [-0.39, 0.29) is 16.3 Å². The van der Waals surface area contributed by atoms with Gasteiger partial charge in [0.25, 0.3) is 5.56 Å². The Morgan fingerprint density at radius 3 is 2.28 bits per heavy atom. The molecule has 1 heterocycles. The summed E-state index contributed by atoms with van der Waals surface area (Å²) in [5.74, 6) is 0. The van der Waals surface area contributed by atoms with Gasteiger partial charge in [-0.3, -0.25) is 9.59 Å². The molecular weight excluding hydrogens is 296 g/mol. The van der Waals surface area contributed by atoms with Crippen LogP contribution in [0.25, 0.3) is 11.1 Å². The largest absolute Gasteiger partial charge is 0.319 e. The van der Waals surface area contributed by atoms with Crippen molar-refractivity contribution in [3.63, 3.8) is 0 Å². The Hall–Kier alpha value is -1.29. The highest BCUT2D eigenvalue weighted by atomic mass is 35.5. The first kappa shape index (κ1) is 13.1. The van der Waals surface area contributed by atoms with Gasteiger partial charge in [0, 0.05) is 5.56 Å². The fourth-order valence-electron chi connectivity index (χ4n) is 1.53. The number of aldehydes is 1. The Labute approximate surface area is 117 Å². The van der Waals surface area contributed by atoms with Crippen molar-refractivity contribution < 1.29 is 4.79 Å². The molecule has 1 aromatic carbocycles. The van der Waals surface area contributed by atoms with Crippen LogP contribution in [0.3, 0.4) is 0 Å². The third-order valence-electron chi connectivity index (χ3n) is 2.37. The van der Waals surface area contributed by atoms with Crippen molar-refractivity contribution in [2.45, 2.75) is 0 Å². The predicted molar refractivity (Wildman–Crippen MR) is 72.9 cm³/mol. The molecule has 0 radical (unpaired) electrons. The van der Waals surface area contributed by atoms with Gasteiger partial charge in [0.1, 0.15) is 0 Å². The van der Waals surface area contributed by atoms with Crippen LogP contribution in [0, 0.1) is 0 Å². The van der Waals surface area contributed by atoms with Crippen molar-refractivity contribution >= 4 is 41.1 Å². The van der Waals surface area contributed by atoms with E-state index in [0.29, 0.717) is 21.9 Å². The maximum atomic E-state index is 11.8. The number of nitrogens with one attached hydrogen (secondary N) is 1. The van der Waals surface area contributed by atoms with Crippen LogP contribution in [0.4, 0.5) is 0 Å². The number of aromatic nitrogens is 1. The molecule has 1 aromatic heterocycles. The van der Waals surface area contributed by atoms with Crippen LogP contribution in [0.5, 0.6) is 0 Å². The van der Waals surface area contributed by atoms with Gasteiger partial charge in [0.05, 0.1) is 26.3 Å². The highest BCUT2D eigenvalue weighted by Gasteiger charge is 2.14. The van der Waals surface area contributed by atoms with E-state index in [9.17, 15) is 9.59 Å². The van der Waals surface area contributed by atoms with Crippen molar-refractivity contribution in [1.29, 1.82) is 0 Å². The maximum absolute atomic E-state index is 11.8. The van der Waals surface area contributed by atoms with Crippen molar-refractivity contribution in [3.05, 3.63) is 55.4 Å². The number of carbonyl (C=O) groups excluding carboxylic acids is 1. The first-order valence-electron chi connectivity index (χ1n) is 4.87. The minimum Gasteiger partial charge on any atom is -0.319 e. The predicted octanol–water partition coefficient (Wildman–Crippen LogP) is 3.81. The number of carbonyl (C=O) groups is 1. The van der Waals surface area contributed by atoms with Crippen molar-refractivity contribution in [2.24, 2.45) is 0 Å². The van der Waals surface area contributed by atoms with Crippen molar-refractivity contribution in [1.82, 2.24) is 4.98 Å². The van der Waals surface area contributed by atoms with Crippen LogP contribution in [0.1, 0.15) is 10.5 Å². The van der Waals surface area contributed by atoms with E-state index < -0.39 is 5.56 Å². The van der Waals surface area contributed by atoms with Crippen LogP contribution in [-0.2, 0) is 0 Å². The molecule has 0 aliphatic carbocycles. The van der Waals surface area contributed by atoms with Gasteiger partial charge in [-0.1, -0.05) is 34.8 Å². The van der Waals surface area contributed by atoms with Crippen LogP contribution in [0.2, 0.25) is 15.1 Å². The minimum atomic E-state index is -0.453. The summed E-state index contributed by atoms with van der Waals surface area (Å²) in [6.45, 7) is 0. The second kappa shape index (κ2) is 5.14. The van der Waals surface area contributed by atoms with Gasteiger partial charge in [-0.2, -0.15) is 0 Å². The average Bonchev–Trinajstić information content (AvgIpc) is 2.36. The number of rotatable bonds is 2. The van der Waals surface area contributed by atoms with Crippen molar-refractivity contribution in [2.75, 3.05) is 0 Å². The lowest BCUT2D eigenvalue weighted by molar-refractivity contribution is 0.111. The molecule has 0 bridgehead atoms. The Kier molecular flexibility index (Phi) is 3.76. The van der Waals surface area contributed by atoms with Crippen LogP contribution in [-0.4, -0.2) is 11.3 Å². The number of hydrogen-bond acceptors (Lipinski definition) is 2. The second-order valence-corrected chi connectivity index (χ2v) is 4.68. The van der Waals surface area contributed by atoms with Crippen LogP contribution >= 0.6 is 34.8 Å². The zero-order valence-electron chi connectivity index (χ0n) is 8.84. The van der Waals surface area contributed by atoms with E-state index in [2.05, 4.69) is 4.98 Å². The summed E-state index contributed by atoms with van der Waals surface area (Å²) in [6.07, 6.45) is 0.548. The molecule has 0 saturated carbocycles. The molecule has 2 aromatic rings. The SMILES string of the molecule is O=Cc1ccc(-c2c(Cl)ccc(Cl)c2Cl)c(=O)[nH]1. The lowest BCUT2D eigenvalue weighted by atomic mass is 10.1. The van der Waals surface area contributed by atoms with E-state index in [4.69, 9.17) is 34.8 Å². The molecule has 0 spiro atoms. The molecule has 6 heteroatoms. The Morgan fingerprint density at radius 2 is 1.67 bits per heavy atom. The third kappa shape index (κ3) is 2.29. The summed E-state index contributed by atoms with van der Waals surface area (Å²) in [7, 11) is 0. The summed E-state index contributed by atoms with van der Waals surface area (Å²) in [5, 5.41) is 0.817. The lowest BCUT2D eigenvalue weighted by Crippen LogP contribution is -2.11. The van der Waals surface area contributed by atoms with Gasteiger partial charge < -0.3 is 4.98 Å². The molecule has 0 atom stereocenters. The van der Waals surface area contributed by atoms with E-state index in [1.807, 2.05) is 0 Å². The molecule has 0 unspecified atom stereocenters. The molecule has 0 aliphatic heterocycles. The van der Waals surface area contributed by atoms with Crippen LogP contribution in [0.15, 0.2) is 29.1 Å². The second-order valence-electron chi connectivity index (χ2n) is 3.49. The van der Waals surface area contributed by atoms with E-state index in [0.717, 1.165) is 0 Å². The average molecular weight is 303 g/mol. The fourth-order valence-corrected chi connectivity index (χ4v) is 2.26. The van der Waals surface area contributed by atoms with E-state index in [1.54, 1.807) is 12.1 Å². The quantitative estimate of drug-likeness (QED) is 0.677. The highest BCUT2D eigenvalue weighted by Crippen LogP contribution is 2.37. The Morgan fingerprint density at radius 1 is 1.00 bits per heavy atom. The Bertz CT molecular complexity index is 680. The highest BCUT2D eigenvalue weighted by molar-refractivity contribution is 6.46. The molecule has 0 aliphatic rings. The van der Waals surface area contributed by atoms with Gasteiger partial charge in [-0.25, -0.2) is 0 Å². The first-order valence-corrected chi connectivity index (χ1v) is 6.00. The van der Waals surface area contributed by atoms with Crippen LogP contribution < -0.4 is 5.56 Å². The zero-order valence-corrected chi connectivity index (χ0v) is 11.1. The summed E-state index contributed by atoms with van der Waals surface area (Å²) < 4.78 is 0. The number of pyridine rings is 1. The van der Waals surface area contributed by atoms with Gasteiger partial charge in [0.15, 0.2) is 6.29 Å². The smallest absolute Gasteiger partial charge is 0.256 e. The van der Waals surface area contributed by atoms with Crippen molar-refractivity contribution in [3.8, 4) is 11.1 Å². The molecule has 1 N–H and O–H groups in total. The molecule has 3 nitrogen and oxygen atoms in total. The van der Waals surface area contributed by atoms with E-state index >= 15 is 0 Å². The molecule has 0 saturated heterocycles. The van der Waals surface area contributed by atoms with Gasteiger partial charge >= 0.3 is 0 Å². The lowest BCUT2D eigenvalue weighted by Gasteiger charge is -2.07. The Balaban J connectivity index is 2.73. The van der Waals surface area contributed by atoms with Gasteiger partial charge in [0.2, 0.25) is 0 Å². The topological polar surface area (TPSA) is 49.9 Å². The first-order chi connectivity index (χ1) is 8.54. The molecule has 0 fully saturated rings. The normalized spacial score (nSPS) is 10.4. The molecule has 2 rings (SSSR count). The molecule has 18 heavy (non-hydrogen) atoms. The fraction of sp³-hybridized carbons (Fsp3) is 0. The van der Waals surface area contributed by atoms with E-state index in [1.165, 1.54) is 12.1 Å². The third-order valence-corrected chi connectivity index (χ3v) is 3.49. The summed E-state index contributed by atoms with van der Waals surface area (Å²) in [5.41, 5.74) is 0.339. The maximum Gasteiger partial charge on any atom is 0.256 e. The monoisotopic (exact) mass is 301 g/mol. The van der Waals surface area contributed by atoms with Gasteiger partial charge in [-0.15, -0.1) is 0 Å². The number of H-pyrrole nitrogens is 1. The summed E-state index contributed by atoms with van der Waals surface area (Å²) in [6, 6.07) is 6.05. The standard InChI is InChI=1S/C12H6Cl3NO2/c13-8-3-4-9(14)11(15)10(8)7-2-1-6(5-17)16-12(7)18/h1-5H,(H,16,18). The number of hydrogen-bond donors (Lipinski definition) is 1. The molecule has 92 valence electrons. The number of halogens is 3. The number of aromatic amines is 1. The summed E-state index contributed by atoms with van der Waals surface area (Å²) in [4.78, 5) is 24.8. The van der Waals surface area contributed by atoms with Gasteiger partial charge in [-0.05, 0) is 24.3 Å². The zero-order chi connectivity index (χ0) is 13.3. The molecule has 0 amide bonds. The minimum absolute atomic E-state index is 0.179. The molecular formula is C12H6Cl3NO2. The summed E-state index contributed by atoms with van der Waals surface area (Å²) >= 11 is 17.9.